The topological polar surface area (TPSA) is 129 Å². The Labute approximate surface area is 202 Å². The molecule has 3 heterocycles. The number of anilines is 2. The molecule has 4 N–H and O–H groups in total. The van der Waals surface area contributed by atoms with Gasteiger partial charge in [-0.1, -0.05) is 0 Å². The molecule has 1 aromatic carbocycles. The summed E-state index contributed by atoms with van der Waals surface area (Å²) in [6.07, 6.45) is 4.98. The fourth-order valence-electron chi connectivity index (χ4n) is 3.15. The van der Waals surface area contributed by atoms with Gasteiger partial charge in [0.25, 0.3) is 0 Å². The fraction of sp³-hybridized carbons (Fsp3) is 0.333. The van der Waals surface area contributed by atoms with Crippen LogP contribution in [0.15, 0.2) is 42.7 Å². The molecule has 1 amide bonds. The van der Waals surface area contributed by atoms with Crippen LogP contribution >= 0.6 is 0 Å². The predicted octanol–water partition coefficient (Wildman–Crippen LogP) is 4.79. The van der Waals surface area contributed by atoms with Gasteiger partial charge >= 0.3 is 6.09 Å². The van der Waals surface area contributed by atoms with Gasteiger partial charge in [-0.15, -0.1) is 0 Å². The third-order valence-electron chi connectivity index (χ3n) is 4.76. The molecular formula is C24H28F2N6O3. The predicted molar refractivity (Wildman–Crippen MR) is 128 cm³/mol. The number of nitrogens with zero attached hydrogens (tertiary/aromatic N) is 4. The second-order valence-electron chi connectivity index (χ2n) is 8.71. The maximum atomic E-state index is 13.9. The number of hydrogen-bond donors (Lipinski definition) is 2. The van der Waals surface area contributed by atoms with Crippen molar-refractivity contribution in [1.82, 2.24) is 19.9 Å². The van der Waals surface area contributed by atoms with Crippen molar-refractivity contribution in [3.8, 4) is 22.9 Å². The Kier molecular flexibility index (Phi) is 8.00. The number of carbonyl (C=O) groups is 1. The van der Waals surface area contributed by atoms with Gasteiger partial charge in [-0.05, 0) is 63.9 Å². The molecule has 0 radical (unpaired) electrons. The van der Waals surface area contributed by atoms with Crippen molar-refractivity contribution in [3.63, 3.8) is 0 Å². The highest BCUT2D eigenvalue weighted by molar-refractivity contribution is 5.68. The molecule has 9 nitrogen and oxygen atoms in total. The number of likely N-dealkylation sites (tertiary alicyclic amines) is 1. The number of halogens is 2. The summed E-state index contributed by atoms with van der Waals surface area (Å²) in [5.41, 5.74) is 11.1. The Balaban J connectivity index is 0.000000241. The summed E-state index contributed by atoms with van der Waals surface area (Å²) in [7, 11) is 0. The molecule has 0 unspecified atom stereocenters. The van der Waals surface area contributed by atoms with Crippen molar-refractivity contribution in [3.05, 3.63) is 54.4 Å². The van der Waals surface area contributed by atoms with Gasteiger partial charge in [0.1, 0.15) is 5.60 Å². The first-order chi connectivity index (χ1) is 16.5. The van der Waals surface area contributed by atoms with E-state index in [0.29, 0.717) is 11.3 Å². The Morgan fingerprint density at radius 2 is 1.71 bits per heavy atom. The lowest BCUT2D eigenvalue weighted by Crippen LogP contribution is -2.34. The van der Waals surface area contributed by atoms with Crippen LogP contribution in [-0.4, -0.2) is 44.6 Å². The van der Waals surface area contributed by atoms with Crippen LogP contribution in [0, 0.1) is 11.6 Å². The number of pyridine rings is 1. The van der Waals surface area contributed by atoms with Gasteiger partial charge in [0.05, 0.1) is 16.9 Å². The van der Waals surface area contributed by atoms with E-state index in [1.165, 1.54) is 24.5 Å². The normalized spacial score (nSPS) is 13.1. The lowest BCUT2D eigenvalue weighted by atomic mass is 10.2. The van der Waals surface area contributed by atoms with Crippen LogP contribution in [0.3, 0.4) is 0 Å². The van der Waals surface area contributed by atoms with E-state index < -0.39 is 11.6 Å². The smallest absolute Gasteiger partial charge is 0.410 e. The summed E-state index contributed by atoms with van der Waals surface area (Å²) >= 11 is 0. The van der Waals surface area contributed by atoms with Crippen LogP contribution in [0.1, 0.15) is 33.6 Å². The molecule has 0 bridgehead atoms. The zero-order chi connectivity index (χ0) is 25.6. The van der Waals surface area contributed by atoms with E-state index in [2.05, 4.69) is 15.0 Å². The van der Waals surface area contributed by atoms with Crippen LogP contribution in [0.5, 0.6) is 11.6 Å². The molecule has 1 saturated heterocycles. The lowest BCUT2D eigenvalue weighted by Gasteiger charge is -2.23. The summed E-state index contributed by atoms with van der Waals surface area (Å²) in [6, 6.07) is 7.34. The van der Waals surface area contributed by atoms with E-state index in [-0.39, 0.29) is 35.0 Å². The molecule has 1 aliphatic heterocycles. The first-order valence-electron chi connectivity index (χ1n) is 11.0. The molecule has 0 aliphatic carbocycles. The van der Waals surface area contributed by atoms with Gasteiger partial charge in [0, 0.05) is 25.5 Å². The molecule has 0 atom stereocenters. The van der Waals surface area contributed by atoms with E-state index in [9.17, 15) is 13.6 Å². The van der Waals surface area contributed by atoms with Gasteiger partial charge in [-0.3, -0.25) is 0 Å². The van der Waals surface area contributed by atoms with Gasteiger partial charge in [-0.25, -0.2) is 24.1 Å². The van der Waals surface area contributed by atoms with Crippen LogP contribution in [0.2, 0.25) is 0 Å². The molecule has 4 rings (SSSR count). The maximum Gasteiger partial charge on any atom is 0.410 e. The average Bonchev–Trinajstić information content (AvgIpc) is 3.35. The maximum absolute atomic E-state index is 13.9. The van der Waals surface area contributed by atoms with Gasteiger partial charge in [0.15, 0.2) is 11.6 Å². The number of aromatic nitrogens is 3. The van der Waals surface area contributed by atoms with E-state index in [0.717, 1.165) is 25.9 Å². The second kappa shape index (κ2) is 10.9. The molecule has 186 valence electrons. The number of nitrogens with two attached hydrogens (primary N) is 2. The first-order valence-corrected chi connectivity index (χ1v) is 11.0. The Morgan fingerprint density at radius 3 is 2.37 bits per heavy atom. The van der Waals surface area contributed by atoms with E-state index >= 15 is 0 Å². The average molecular weight is 487 g/mol. The van der Waals surface area contributed by atoms with E-state index in [4.69, 9.17) is 20.9 Å². The van der Waals surface area contributed by atoms with Crippen molar-refractivity contribution < 1.29 is 23.0 Å². The summed E-state index contributed by atoms with van der Waals surface area (Å²) in [5, 5.41) is 0. The zero-order valence-electron chi connectivity index (χ0n) is 19.8. The molecule has 0 spiro atoms. The molecule has 1 fully saturated rings. The molecule has 2 aromatic heterocycles. The number of ether oxygens (including phenoxy) is 2. The summed E-state index contributed by atoms with van der Waals surface area (Å²) in [6.45, 7) is 7.38. The molecular weight excluding hydrogens is 458 g/mol. The van der Waals surface area contributed by atoms with Gasteiger partial charge < -0.3 is 25.8 Å². The monoisotopic (exact) mass is 486 g/mol. The second-order valence-corrected chi connectivity index (χ2v) is 8.71. The Bertz CT molecular complexity index is 1180. The fourth-order valence-corrected chi connectivity index (χ4v) is 3.15. The summed E-state index contributed by atoms with van der Waals surface area (Å²) in [5.74, 6) is -2.58. The van der Waals surface area contributed by atoms with Crippen LogP contribution in [0.25, 0.3) is 11.3 Å². The highest BCUT2D eigenvalue weighted by Crippen LogP contribution is 2.33. The van der Waals surface area contributed by atoms with Gasteiger partial charge in [0.2, 0.25) is 17.6 Å². The summed E-state index contributed by atoms with van der Waals surface area (Å²) < 4.78 is 38.0. The minimum Gasteiger partial charge on any atom is -0.444 e. The zero-order valence-corrected chi connectivity index (χ0v) is 19.8. The minimum atomic E-state index is -1.19. The molecule has 0 saturated carbocycles. The minimum absolute atomic E-state index is 0.0497. The third kappa shape index (κ3) is 6.98. The Morgan fingerprint density at radius 1 is 1.00 bits per heavy atom. The van der Waals surface area contributed by atoms with Crippen LogP contribution < -0.4 is 16.2 Å². The summed E-state index contributed by atoms with van der Waals surface area (Å²) in [4.78, 5) is 25.0. The number of hydrogen-bond acceptors (Lipinski definition) is 8. The highest BCUT2D eigenvalue weighted by Gasteiger charge is 2.24. The van der Waals surface area contributed by atoms with Crippen LogP contribution in [-0.2, 0) is 4.74 Å². The van der Waals surface area contributed by atoms with E-state index in [1.54, 1.807) is 23.1 Å². The van der Waals surface area contributed by atoms with Crippen molar-refractivity contribution in [2.24, 2.45) is 0 Å². The third-order valence-corrected chi connectivity index (χ3v) is 4.76. The van der Waals surface area contributed by atoms with Crippen molar-refractivity contribution >= 4 is 17.7 Å². The number of amides is 1. The van der Waals surface area contributed by atoms with Crippen LogP contribution in [0.4, 0.5) is 25.2 Å². The lowest BCUT2D eigenvalue weighted by molar-refractivity contribution is 0.0295. The molecule has 11 heteroatoms. The number of rotatable bonds is 3. The van der Waals surface area contributed by atoms with Gasteiger partial charge in [-0.2, -0.15) is 4.39 Å². The highest BCUT2D eigenvalue weighted by atomic mass is 19.2. The van der Waals surface area contributed by atoms with E-state index in [1.807, 2.05) is 20.8 Å². The molecule has 35 heavy (non-hydrogen) atoms. The number of carbonyl (C=O) groups excluding carboxylic acids is 1. The quantitative estimate of drug-likeness (QED) is 0.506. The SMILES string of the molecule is CC(C)(C)OC(=O)N1CCCC1.Nc1nccc(-c2cccnc2Oc2ccc(N)c(F)c2F)n1. The van der Waals surface area contributed by atoms with Crippen molar-refractivity contribution in [1.29, 1.82) is 0 Å². The van der Waals surface area contributed by atoms with Crippen molar-refractivity contribution in [2.45, 2.75) is 39.2 Å². The molecule has 1 aliphatic rings. The number of benzene rings is 1. The Hall–Kier alpha value is -4.02. The number of nitrogen functional groups attached to an aromatic ring is 2. The molecule has 3 aromatic rings. The first kappa shape index (κ1) is 25.6. The van der Waals surface area contributed by atoms with Crippen molar-refractivity contribution in [2.75, 3.05) is 24.6 Å². The standard InChI is InChI=1S/C15H11F2N5O.C9H17NO2/c16-12-9(18)3-4-11(13(12)17)23-14-8(2-1-6-20-14)10-5-7-21-15(19)22-10;1-9(2,3)12-8(11)10-6-4-5-7-10/h1-7H,18H2,(H2,19,21,22);4-7H2,1-3H3. The largest absolute Gasteiger partial charge is 0.444 e.